The Morgan fingerprint density at radius 2 is 1.44 bits per heavy atom. The van der Waals surface area contributed by atoms with Gasteiger partial charge in [0.25, 0.3) is 0 Å². The molecule has 0 saturated heterocycles. The van der Waals surface area contributed by atoms with E-state index < -0.39 is 0 Å². The van der Waals surface area contributed by atoms with Gasteiger partial charge in [0.1, 0.15) is 6.33 Å². The molecular weight excluding hydrogens is 314 g/mol. The van der Waals surface area contributed by atoms with Crippen molar-refractivity contribution in [2.24, 2.45) is 5.92 Å². The number of carbonyl (C=O) groups excluding carboxylic acids is 1. The van der Waals surface area contributed by atoms with Crippen molar-refractivity contribution in [2.45, 2.75) is 11.8 Å². The quantitative estimate of drug-likeness (QED) is 0.569. The zero-order chi connectivity index (χ0) is 17.2. The second-order valence-corrected chi connectivity index (χ2v) is 6.21. The van der Waals surface area contributed by atoms with Crippen molar-refractivity contribution in [3.63, 3.8) is 0 Å². The summed E-state index contributed by atoms with van der Waals surface area (Å²) >= 11 is 0. The normalized spacial score (nSPS) is 21.6. The predicted octanol–water partition coefficient (Wildman–Crippen LogP) is 3.15. The first-order valence-electron chi connectivity index (χ1n) is 8.14. The number of carbonyl (C=O) groups is 1. The lowest BCUT2D eigenvalue weighted by atomic mass is 10.0. The van der Waals surface area contributed by atoms with Crippen molar-refractivity contribution in [1.82, 2.24) is 15.4 Å². The maximum atomic E-state index is 12.1. The average molecular weight is 331 g/mol. The van der Waals surface area contributed by atoms with Gasteiger partial charge in [-0.3, -0.25) is 10.0 Å². The molecule has 2 unspecified atom stereocenters. The lowest BCUT2D eigenvalue weighted by Crippen LogP contribution is -2.21. The fourth-order valence-electron chi connectivity index (χ4n) is 3.56. The number of hydrogen-bond donors (Lipinski definition) is 2. The molecule has 0 spiro atoms. The Morgan fingerprint density at radius 3 is 2.04 bits per heavy atom. The Balaban J connectivity index is 1.63. The lowest BCUT2D eigenvalue weighted by Gasteiger charge is -2.04. The highest BCUT2D eigenvalue weighted by Gasteiger charge is 2.56. The van der Waals surface area contributed by atoms with Gasteiger partial charge >= 0.3 is 0 Å². The molecule has 0 bridgehead atoms. The topological polar surface area (TPSA) is 75.1 Å². The van der Waals surface area contributed by atoms with Crippen LogP contribution in [0.15, 0.2) is 73.3 Å². The smallest absolute Gasteiger partial charge is 0.247 e. The van der Waals surface area contributed by atoms with Gasteiger partial charge in [0.15, 0.2) is 0 Å². The van der Waals surface area contributed by atoms with Crippen molar-refractivity contribution in [3.05, 3.63) is 84.4 Å². The van der Waals surface area contributed by atoms with Gasteiger partial charge in [0.2, 0.25) is 5.91 Å². The third-order valence-corrected chi connectivity index (χ3v) is 4.81. The standard InChI is InChI=1S/C20H17N3O2/c24-20(23-25)19-17(14-4-2-1-3-5-14)18(19)15-8-6-13(7-9-15)16-10-21-12-22-11-16/h1-12,17-19,25H,(H,23,24)/t17?,18-,19?/m1/s1. The molecule has 4 rings (SSSR count). The van der Waals surface area contributed by atoms with Crippen LogP contribution in [0.4, 0.5) is 0 Å². The van der Waals surface area contributed by atoms with Gasteiger partial charge < -0.3 is 0 Å². The fourth-order valence-corrected chi connectivity index (χ4v) is 3.56. The van der Waals surface area contributed by atoms with E-state index in [1.807, 2.05) is 60.1 Å². The first-order valence-corrected chi connectivity index (χ1v) is 8.14. The zero-order valence-corrected chi connectivity index (χ0v) is 13.4. The number of amides is 1. The molecule has 1 amide bonds. The number of benzene rings is 2. The highest BCUT2D eigenvalue weighted by Crippen LogP contribution is 2.60. The van der Waals surface area contributed by atoms with Crippen LogP contribution in [0.3, 0.4) is 0 Å². The molecular formula is C20H17N3O2. The number of rotatable bonds is 4. The van der Waals surface area contributed by atoms with Crippen LogP contribution < -0.4 is 5.48 Å². The van der Waals surface area contributed by atoms with E-state index in [0.29, 0.717) is 0 Å². The van der Waals surface area contributed by atoms with Gasteiger partial charge in [-0.15, -0.1) is 0 Å². The van der Waals surface area contributed by atoms with Gasteiger partial charge in [0, 0.05) is 29.8 Å². The van der Waals surface area contributed by atoms with Crippen LogP contribution in [-0.4, -0.2) is 21.1 Å². The van der Waals surface area contributed by atoms with Gasteiger partial charge in [-0.1, -0.05) is 54.6 Å². The van der Waals surface area contributed by atoms with Crippen LogP contribution in [0.2, 0.25) is 0 Å². The molecule has 2 N–H and O–H groups in total. The van der Waals surface area contributed by atoms with Gasteiger partial charge in [-0.05, 0) is 16.7 Å². The summed E-state index contributed by atoms with van der Waals surface area (Å²) in [5, 5.41) is 9.05. The summed E-state index contributed by atoms with van der Waals surface area (Å²) in [6.45, 7) is 0. The highest BCUT2D eigenvalue weighted by molar-refractivity contribution is 5.84. The first-order chi connectivity index (χ1) is 12.3. The van der Waals surface area contributed by atoms with E-state index in [9.17, 15) is 4.79 Å². The van der Waals surface area contributed by atoms with Crippen molar-refractivity contribution in [2.75, 3.05) is 0 Å². The largest absolute Gasteiger partial charge is 0.289 e. The summed E-state index contributed by atoms with van der Waals surface area (Å²) < 4.78 is 0. The number of aromatic nitrogens is 2. The number of nitrogens with zero attached hydrogens (tertiary/aromatic N) is 2. The number of hydrogen-bond acceptors (Lipinski definition) is 4. The van der Waals surface area contributed by atoms with E-state index in [4.69, 9.17) is 5.21 Å². The highest BCUT2D eigenvalue weighted by atomic mass is 16.5. The monoisotopic (exact) mass is 331 g/mol. The molecule has 25 heavy (non-hydrogen) atoms. The summed E-state index contributed by atoms with van der Waals surface area (Å²) in [6, 6.07) is 18.1. The van der Waals surface area contributed by atoms with Gasteiger partial charge in [-0.25, -0.2) is 15.4 Å². The molecule has 2 aromatic carbocycles. The molecule has 124 valence electrons. The summed E-state index contributed by atoms with van der Waals surface area (Å²) in [5.74, 6) is -0.437. The van der Waals surface area contributed by atoms with E-state index in [0.717, 1.165) is 22.3 Å². The summed E-state index contributed by atoms with van der Waals surface area (Å²) in [6.07, 6.45) is 5.05. The molecule has 5 heteroatoms. The van der Waals surface area contributed by atoms with Gasteiger partial charge in [0.05, 0.1) is 5.92 Å². The van der Waals surface area contributed by atoms with Crippen molar-refractivity contribution in [3.8, 4) is 11.1 Å². The predicted molar refractivity (Wildman–Crippen MR) is 92.8 cm³/mol. The molecule has 0 radical (unpaired) electrons. The Morgan fingerprint density at radius 1 is 0.840 bits per heavy atom. The van der Waals surface area contributed by atoms with Crippen molar-refractivity contribution in [1.29, 1.82) is 0 Å². The Hall–Kier alpha value is -3.05. The number of hydroxylamine groups is 1. The zero-order valence-electron chi connectivity index (χ0n) is 13.4. The second-order valence-electron chi connectivity index (χ2n) is 6.21. The van der Waals surface area contributed by atoms with Crippen LogP contribution in [0.1, 0.15) is 23.0 Å². The van der Waals surface area contributed by atoms with Crippen LogP contribution in [0, 0.1) is 5.92 Å². The van der Waals surface area contributed by atoms with E-state index in [-0.39, 0.29) is 23.7 Å². The third-order valence-electron chi connectivity index (χ3n) is 4.81. The maximum Gasteiger partial charge on any atom is 0.247 e. The maximum absolute atomic E-state index is 12.1. The van der Waals surface area contributed by atoms with E-state index in [2.05, 4.69) is 9.97 Å². The third kappa shape index (κ3) is 2.90. The van der Waals surface area contributed by atoms with Crippen LogP contribution in [0.25, 0.3) is 11.1 Å². The van der Waals surface area contributed by atoms with Crippen LogP contribution >= 0.6 is 0 Å². The number of nitrogens with one attached hydrogen (secondary N) is 1. The minimum atomic E-state index is -0.334. The minimum Gasteiger partial charge on any atom is -0.289 e. The molecule has 5 nitrogen and oxygen atoms in total. The van der Waals surface area contributed by atoms with Crippen molar-refractivity contribution >= 4 is 5.91 Å². The second kappa shape index (κ2) is 6.45. The molecule has 3 aromatic rings. The summed E-state index contributed by atoms with van der Waals surface area (Å²) in [7, 11) is 0. The van der Waals surface area contributed by atoms with E-state index >= 15 is 0 Å². The molecule has 1 heterocycles. The Labute approximate surface area is 145 Å². The van der Waals surface area contributed by atoms with Crippen LogP contribution in [-0.2, 0) is 4.79 Å². The van der Waals surface area contributed by atoms with E-state index in [1.54, 1.807) is 12.4 Å². The molecule has 1 fully saturated rings. The fraction of sp³-hybridized carbons (Fsp3) is 0.150. The molecule has 1 aliphatic carbocycles. The minimum absolute atomic E-state index is 0.0654. The van der Waals surface area contributed by atoms with E-state index in [1.165, 1.54) is 6.33 Å². The average Bonchev–Trinajstić information content (AvgIpc) is 3.44. The van der Waals surface area contributed by atoms with Crippen LogP contribution in [0.5, 0.6) is 0 Å². The molecule has 3 atom stereocenters. The lowest BCUT2D eigenvalue weighted by molar-refractivity contribution is -0.130. The van der Waals surface area contributed by atoms with Gasteiger partial charge in [-0.2, -0.15) is 0 Å². The Bertz CT molecular complexity index is 866. The molecule has 1 aromatic heterocycles. The Kier molecular flexibility index (Phi) is 3.99. The molecule has 0 aliphatic heterocycles. The SMILES string of the molecule is O=C(NO)C1C(c2ccccc2)[C@H]1c1ccc(-c2cncnc2)cc1. The molecule has 1 aliphatic rings. The van der Waals surface area contributed by atoms with Crippen molar-refractivity contribution < 1.29 is 10.0 Å². The molecule has 1 saturated carbocycles. The summed E-state index contributed by atoms with van der Waals surface area (Å²) in [4.78, 5) is 20.1. The summed E-state index contributed by atoms with van der Waals surface area (Å²) in [5.41, 5.74) is 5.99. The first kappa shape index (κ1) is 15.5.